The van der Waals surface area contributed by atoms with Crippen molar-refractivity contribution in [3.05, 3.63) is 52.1 Å². The molecule has 1 aromatic carbocycles. The summed E-state index contributed by atoms with van der Waals surface area (Å²) in [6.07, 6.45) is 1.53. The molecule has 0 aliphatic rings. The van der Waals surface area contributed by atoms with E-state index >= 15 is 0 Å². The first-order valence-corrected chi connectivity index (χ1v) is 7.37. The molecule has 2 aromatic rings. The minimum atomic E-state index is -0.441. The highest BCUT2D eigenvalue weighted by Crippen LogP contribution is 2.25. The first-order valence-electron chi connectivity index (χ1n) is 6.57. The first kappa shape index (κ1) is 16.2. The summed E-state index contributed by atoms with van der Waals surface area (Å²) in [5.41, 5.74) is 2.07. The van der Waals surface area contributed by atoms with Gasteiger partial charge in [0.25, 0.3) is 0 Å². The zero-order valence-electron chi connectivity index (χ0n) is 12.1. The first-order chi connectivity index (χ1) is 10.5. The standard InChI is InChI=1S/C16H14BrNO4/c1-3-22-16(20)10-4-5-18-14(9-10)11-6-12(15(19)21-2)8-13(17)7-11/h4-9H,3H2,1-2H3. The van der Waals surface area contributed by atoms with E-state index in [4.69, 9.17) is 9.47 Å². The van der Waals surface area contributed by atoms with E-state index in [-0.39, 0.29) is 0 Å². The fourth-order valence-electron chi connectivity index (χ4n) is 1.90. The van der Waals surface area contributed by atoms with Crippen LogP contribution in [0.15, 0.2) is 41.0 Å². The quantitative estimate of drug-likeness (QED) is 0.778. The Morgan fingerprint density at radius 3 is 2.59 bits per heavy atom. The van der Waals surface area contributed by atoms with Crippen LogP contribution in [0.4, 0.5) is 0 Å². The molecule has 0 amide bonds. The molecular formula is C16H14BrNO4. The van der Waals surface area contributed by atoms with Crippen LogP contribution in [0.1, 0.15) is 27.6 Å². The lowest BCUT2D eigenvalue weighted by Crippen LogP contribution is -2.05. The van der Waals surface area contributed by atoms with Crippen molar-refractivity contribution in [3.8, 4) is 11.3 Å². The topological polar surface area (TPSA) is 65.5 Å². The maximum Gasteiger partial charge on any atom is 0.338 e. The summed E-state index contributed by atoms with van der Waals surface area (Å²) in [7, 11) is 1.32. The van der Waals surface area contributed by atoms with Crippen LogP contribution in [0.2, 0.25) is 0 Å². The predicted octanol–water partition coefficient (Wildman–Crippen LogP) is 3.47. The number of ether oxygens (including phenoxy) is 2. The molecule has 0 aliphatic carbocycles. The van der Waals surface area contributed by atoms with Crippen LogP contribution in [0.3, 0.4) is 0 Å². The van der Waals surface area contributed by atoms with E-state index in [0.29, 0.717) is 33.5 Å². The Balaban J connectivity index is 2.43. The molecule has 0 aliphatic heterocycles. The highest BCUT2D eigenvalue weighted by Gasteiger charge is 2.12. The molecule has 0 spiro atoms. The van der Waals surface area contributed by atoms with Crippen molar-refractivity contribution in [3.63, 3.8) is 0 Å². The molecule has 6 heteroatoms. The van der Waals surface area contributed by atoms with Gasteiger partial charge in [-0.3, -0.25) is 4.98 Å². The molecular weight excluding hydrogens is 350 g/mol. The largest absolute Gasteiger partial charge is 0.465 e. The fourth-order valence-corrected chi connectivity index (χ4v) is 2.40. The maximum atomic E-state index is 11.8. The molecule has 2 rings (SSSR count). The van der Waals surface area contributed by atoms with Crippen LogP contribution in [-0.4, -0.2) is 30.6 Å². The number of hydrogen-bond acceptors (Lipinski definition) is 5. The second-order valence-electron chi connectivity index (χ2n) is 4.37. The number of carbonyl (C=O) groups excluding carboxylic acids is 2. The van der Waals surface area contributed by atoms with E-state index < -0.39 is 11.9 Å². The lowest BCUT2D eigenvalue weighted by Gasteiger charge is -2.07. The van der Waals surface area contributed by atoms with Crippen molar-refractivity contribution >= 4 is 27.9 Å². The lowest BCUT2D eigenvalue weighted by molar-refractivity contribution is 0.0525. The van der Waals surface area contributed by atoms with Gasteiger partial charge in [-0.15, -0.1) is 0 Å². The normalized spacial score (nSPS) is 10.1. The van der Waals surface area contributed by atoms with Gasteiger partial charge in [-0.25, -0.2) is 9.59 Å². The molecule has 0 saturated heterocycles. The van der Waals surface area contributed by atoms with Gasteiger partial charge in [-0.05, 0) is 37.3 Å². The van der Waals surface area contributed by atoms with Crippen molar-refractivity contribution in [2.45, 2.75) is 6.92 Å². The molecule has 0 radical (unpaired) electrons. The zero-order valence-corrected chi connectivity index (χ0v) is 13.7. The van der Waals surface area contributed by atoms with Crippen molar-refractivity contribution < 1.29 is 19.1 Å². The molecule has 5 nitrogen and oxygen atoms in total. The van der Waals surface area contributed by atoms with E-state index in [1.54, 1.807) is 31.2 Å². The molecule has 0 saturated carbocycles. The average Bonchev–Trinajstić information content (AvgIpc) is 2.54. The summed E-state index contributed by atoms with van der Waals surface area (Å²) in [6, 6.07) is 8.34. The van der Waals surface area contributed by atoms with Crippen LogP contribution < -0.4 is 0 Å². The van der Waals surface area contributed by atoms with Gasteiger partial charge < -0.3 is 9.47 Å². The number of esters is 2. The Morgan fingerprint density at radius 2 is 1.91 bits per heavy atom. The molecule has 22 heavy (non-hydrogen) atoms. The molecule has 0 bridgehead atoms. The summed E-state index contributed by atoms with van der Waals surface area (Å²) in [5.74, 6) is -0.849. The third-order valence-corrected chi connectivity index (χ3v) is 3.34. The monoisotopic (exact) mass is 363 g/mol. The van der Waals surface area contributed by atoms with Gasteiger partial charge >= 0.3 is 11.9 Å². The Labute approximate surface area is 136 Å². The van der Waals surface area contributed by atoms with Gasteiger partial charge in [0.2, 0.25) is 0 Å². The summed E-state index contributed by atoms with van der Waals surface area (Å²) in [4.78, 5) is 27.7. The van der Waals surface area contributed by atoms with Crippen LogP contribution in [0, 0.1) is 0 Å². The number of halogens is 1. The molecule has 0 N–H and O–H groups in total. The summed E-state index contributed by atoms with van der Waals surface area (Å²) in [6.45, 7) is 2.05. The second-order valence-corrected chi connectivity index (χ2v) is 5.29. The van der Waals surface area contributed by atoms with E-state index in [9.17, 15) is 9.59 Å². The number of aromatic nitrogens is 1. The number of carbonyl (C=O) groups is 2. The lowest BCUT2D eigenvalue weighted by atomic mass is 10.1. The van der Waals surface area contributed by atoms with Gasteiger partial charge in [0.15, 0.2) is 0 Å². The smallest absolute Gasteiger partial charge is 0.338 e. The van der Waals surface area contributed by atoms with Gasteiger partial charge in [0.1, 0.15) is 0 Å². The fraction of sp³-hybridized carbons (Fsp3) is 0.188. The van der Waals surface area contributed by atoms with Gasteiger partial charge in [-0.1, -0.05) is 15.9 Å². The van der Waals surface area contributed by atoms with Crippen molar-refractivity contribution in [1.82, 2.24) is 4.98 Å². The van der Waals surface area contributed by atoms with E-state index in [1.165, 1.54) is 13.3 Å². The van der Waals surface area contributed by atoms with Crippen molar-refractivity contribution in [2.75, 3.05) is 13.7 Å². The summed E-state index contributed by atoms with van der Waals surface area (Å²) in [5, 5.41) is 0. The van der Waals surface area contributed by atoms with Crippen molar-refractivity contribution in [2.24, 2.45) is 0 Å². The van der Waals surface area contributed by atoms with E-state index in [0.717, 1.165) is 0 Å². The number of rotatable bonds is 4. The molecule has 0 atom stereocenters. The van der Waals surface area contributed by atoms with Crippen molar-refractivity contribution in [1.29, 1.82) is 0 Å². The molecule has 1 heterocycles. The molecule has 0 unspecified atom stereocenters. The SMILES string of the molecule is CCOC(=O)c1ccnc(-c2cc(Br)cc(C(=O)OC)c2)c1. The second kappa shape index (κ2) is 7.17. The minimum Gasteiger partial charge on any atom is -0.465 e. The Hall–Kier alpha value is -2.21. The van der Waals surface area contributed by atoms with Crippen LogP contribution in [-0.2, 0) is 9.47 Å². The van der Waals surface area contributed by atoms with Gasteiger partial charge in [0.05, 0.1) is 30.5 Å². The number of benzene rings is 1. The Kier molecular flexibility index (Phi) is 5.27. The predicted molar refractivity (Wildman–Crippen MR) is 84.7 cm³/mol. The van der Waals surface area contributed by atoms with Gasteiger partial charge in [0, 0.05) is 16.2 Å². The number of nitrogens with zero attached hydrogens (tertiary/aromatic N) is 1. The third kappa shape index (κ3) is 3.71. The van der Waals surface area contributed by atoms with Crippen LogP contribution in [0.5, 0.6) is 0 Å². The van der Waals surface area contributed by atoms with Crippen LogP contribution in [0.25, 0.3) is 11.3 Å². The number of pyridine rings is 1. The Bertz CT molecular complexity index is 715. The van der Waals surface area contributed by atoms with Gasteiger partial charge in [-0.2, -0.15) is 0 Å². The molecule has 114 valence electrons. The minimum absolute atomic E-state index is 0.305. The molecule has 1 aromatic heterocycles. The van der Waals surface area contributed by atoms with Crippen LogP contribution >= 0.6 is 15.9 Å². The maximum absolute atomic E-state index is 11.8. The average molecular weight is 364 g/mol. The van der Waals surface area contributed by atoms with E-state index in [2.05, 4.69) is 20.9 Å². The van der Waals surface area contributed by atoms with E-state index in [1.807, 2.05) is 6.07 Å². The Morgan fingerprint density at radius 1 is 1.14 bits per heavy atom. The highest BCUT2D eigenvalue weighted by molar-refractivity contribution is 9.10. The zero-order chi connectivity index (χ0) is 16.1. The third-order valence-electron chi connectivity index (χ3n) is 2.89. The number of methoxy groups -OCH3 is 1. The molecule has 0 fully saturated rings. The summed E-state index contributed by atoms with van der Waals surface area (Å²) < 4.78 is 10.4. The number of hydrogen-bond donors (Lipinski definition) is 0. The highest BCUT2D eigenvalue weighted by atomic mass is 79.9. The summed E-state index contributed by atoms with van der Waals surface area (Å²) >= 11 is 3.35.